The monoisotopic (exact) mass is 366 g/mol. The molecule has 0 saturated carbocycles. The van der Waals surface area contributed by atoms with Crippen LogP contribution in [0.1, 0.15) is 15.9 Å². The first-order valence-electron chi connectivity index (χ1n) is 6.06. The van der Waals surface area contributed by atoms with Crippen LogP contribution in [-0.4, -0.2) is 18.0 Å². The molecule has 0 aliphatic carbocycles. The number of carbonyl (C=O) groups excluding carboxylic acids is 1. The molecule has 1 N–H and O–H groups in total. The summed E-state index contributed by atoms with van der Waals surface area (Å²) in [6.45, 7) is 0. The minimum Gasteiger partial charge on any atom is -0.504 e. The highest BCUT2D eigenvalue weighted by Gasteiger charge is 2.08. The van der Waals surface area contributed by atoms with E-state index in [-0.39, 0.29) is 11.5 Å². The number of hydrogen-bond acceptors (Lipinski definition) is 3. The summed E-state index contributed by atoms with van der Waals surface area (Å²) in [6.07, 6.45) is 3.02. The lowest BCUT2D eigenvalue weighted by Gasteiger charge is -2.06. The number of allylic oxidation sites excluding steroid dienone is 1. The second-order valence-corrected chi connectivity index (χ2v) is 5.48. The highest BCUT2D eigenvalue weighted by Crippen LogP contribution is 2.33. The van der Waals surface area contributed by atoms with Crippen LogP contribution in [0.4, 0.5) is 0 Å². The van der Waals surface area contributed by atoms with E-state index in [0.29, 0.717) is 26.4 Å². The Balaban J connectivity index is 2.28. The van der Waals surface area contributed by atoms with Crippen LogP contribution in [0.3, 0.4) is 0 Å². The van der Waals surface area contributed by atoms with Gasteiger partial charge in [-0.25, -0.2) is 0 Å². The molecular weight excluding hydrogens is 356 g/mol. The zero-order chi connectivity index (χ0) is 15.4. The Labute approximate surface area is 135 Å². The molecule has 0 bridgehead atoms. The van der Waals surface area contributed by atoms with Gasteiger partial charge in [-0.15, -0.1) is 0 Å². The molecule has 2 rings (SSSR count). The van der Waals surface area contributed by atoms with Gasteiger partial charge in [0.25, 0.3) is 0 Å². The molecule has 0 spiro atoms. The summed E-state index contributed by atoms with van der Waals surface area (Å²) in [4.78, 5) is 12.1. The molecule has 0 unspecified atom stereocenters. The summed E-state index contributed by atoms with van der Waals surface area (Å²) in [7, 11) is 1.47. The summed E-state index contributed by atoms with van der Waals surface area (Å²) in [6, 6.07) is 9.99. The smallest absolute Gasteiger partial charge is 0.187 e. The van der Waals surface area contributed by atoms with Gasteiger partial charge in [0.1, 0.15) is 0 Å². The van der Waals surface area contributed by atoms with Crippen LogP contribution < -0.4 is 4.74 Å². The fourth-order valence-corrected chi connectivity index (χ4v) is 2.45. The highest BCUT2D eigenvalue weighted by molar-refractivity contribution is 9.10. The third-order valence-corrected chi connectivity index (χ3v) is 3.87. The number of ketones is 1. The van der Waals surface area contributed by atoms with Gasteiger partial charge in [-0.1, -0.05) is 39.7 Å². The molecular formula is C16H12BrClO3. The minimum atomic E-state index is -0.206. The molecule has 2 aromatic carbocycles. The van der Waals surface area contributed by atoms with Crippen LogP contribution in [0.25, 0.3) is 6.08 Å². The molecule has 5 heteroatoms. The molecule has 0 fully saturated rings. The number of aromatic hydroxyl groups is 1. The van der Waals surface area contributed by atoms with E-state index in [2.05, 4.69) is 15.9 Å². The summed E-state index contributed by atoms with van der Waals surface area (Å²) < 4.78 is 5.71. The molecule has 2 aromatic rings. The molecule has 21 heavy (non-hydrogen) atoms. The Morgan fingerprint density at radius 3 is 2.71 bits per heavy atom. The molecule has 0 atom stereocenters. The van der Waals surface area contributed by atoms with E-state index in [4.69, 9.17) is 16.3 Å². The minimum absolute atomic E-state index is 0.00513. The molecule has 0 amide bonds. The van der Waals surface area contributed by atoms with Crippen LogP contribution in [0.15, 0.2) is 46.9 Å². The normalized spacial score (nSPS) is 10.8. The number of ether oxygens (including phenoxy) is 1. The second kappa shape index (κ2) is 6.78. The third-order valence-electron chi connectivity index (χ3n) is 2.85. The number of rotatable bonds is 4. The zero-order valence-electron chi connectivity index (χ0n) is 11.1. The Morgan fingerprint density at radius 1 is 1.33 bits per heavy atom. The molecule has 108 valence electrons. The molecule has 0 aliphatic rings. The van der Waals surface area contributed by atoms with Crippen molar-refractivity contribution in [2.45, 2.75) is 0 Å². The van der Waals surface area contributed by atoms with E-state index in [9.17, 15) is 9.90 Å². The van der Waals surface area contributed by atoms with Gasteiger partial charge in [-0.05, 0) is 42.0 Å². The van der Waals surface area contributed by atoms with E-state index in [0.717, 1.165) is 0 Å². The molecule has 0 heterocycles. The van der Waals surface area contributed by atoms with E-state index in [1.54, 1.807) is 36.4 Å². The van der Waals surface area contributed by atoms with E-state index in [1.807, 2.05) is 0 Å². The van der Waals surface area contributed by atoms with Crippen molar-refractivity contribution in [3.63, 3.8) is 0 Å². The van der Waals surface area contributed by atoms with Gasteiger partial charge < -0.3 is 9.84 Å². The van der Waals surface area contributed by atoms with Crippen LogP contribution >= 0.6 is 27.5 Å². The van der Waals surface area contributed by atoms with Crippen LogP contribution in [0.5, 0.6) is 11.5 Å². The van der Waals surface area contributed by atoms with Gasteiger partial charge >= 0.3 is 0 Å². The predicted molar refractivity (Wildman–Crippen MR) is 87.2 cm³/mol. The average Bonchev–Trinajstić information content (AvgIpc) is 2.47. The van der Waals surface area contributed by atoms with E-state index >= 15 is 0 Å². The van der Waals surface area contributed by atoms with Crippen molar-refractivity contribution >= 4 is 39.4 Å². The lowest BCUT2D eigenvalue weighted by atomic mass is 10.1. The maximum absolute atomic E-state index is 12.1. The van der Waals surface area contributed by atoms with Crippen molar-refractivity contribution in [3.8, 4) is 11.5 Å². The first-order valence-corrected chi connectivity index (χ1v) is 7.23. The fourth-order valence-electron chi connectivity index (χ4n) is 1.77. The van der Waals surface area contributed by atoms with Crippen molar-refractivity contribution in [2.24, 2.45) is 0 Å². The maximum atomic E-state index is 12.1. The third kappa shape index (κ3) is 3.65. The lowest BCUT2D eigenvalue weighted by Crippen LogP contribution is -1.95. The Morgan fingerprint density at radius 2 is 2.05 bits per heavy atom. The highest BCUT2D eigenvalue weighted by atomic mass is 79.9. The molecule has 0 radical (unpaired) electrons. The van der Waals surface area contributed by atoms with Gasteiger partial charge in [0.2, 0.25) is 0 Å². The molecule has 0 saturated heterocycles. The largest absolute Gasteiger partial charge is 0.504 e. The standard InChI is InChI=1S/C16H12BrClO3/c1-21-16-9-12(17)10(8-15(16)20)6-7-14(19)11-4-2-3-5-13(11)18/h2-9,20H,1H3/b7-6+. The van der Waals surface area contributed by atoms with E-state index in [1.165, 1.54) is 19.3 Å². The van der Waals surface area contributed by atoms with Gasteiger partial charge in [0.15, 0.2) is 17.3 Å². The SMILES string of the molecule is COc1cc(Br)c(/C=C/C(=O)c2ccccc2Cl)cc1O. The van der Waals surface area contributed by atoms with Crippen molar-refractivity contribution in [2.75, 3.05) is 7.11 Å². The fraction of sp³-hybridized carbons (Fsp3) is 0.0625. The van der Waals surface area contributed by atoms with Crippen LogP contribution in [-0.2, 0) is 0 Å². The Kier molecular flexibility index (Phi) is 5.04. The molecule has 3 nitrogen and oxygen atoms in total. The molecule has 0 aliphatic heterocycles. The first kappa shape index (κ1) is 15.6. The van der Waals surface area contributed by atoms with Gasteiger partial charge in [0.05, 0.1) is 12.1 Å². The van der Waals surface area contributed by atoms with E-state index < -0.39 is 0 Å². The predicted octanol–water partition coefficient (Wildman–Crippen LogP) is 4.71. The van der Waals surface area contributed by atoms with Gasteiger partial charge in [-0.3, -0.25) is 4.79 Å². The number of benzene rings is 2. The van der Waals surface area contributed by atoms with Crippen molar-refractivity contribution in [3.05, 3.63) is 63.1 Å². The maximum Gasteiger partial charge on any atom is 0.187 e. The lowest BCUT2D eigenvalue weighted by molar-refractivity contribution is 0.104. The zero-order valence-corrected chi connectivity index (χ0v) is 13.5. The van der Waals surface area contributed by atoms with Crippen molar-refractivity contribution in [1.29, 1.82) is 0 Å². The van der Waals surface area contributed by atoms with Gasteiger partial charge in [-0.2, -0.15) is 0 Å². The summed E-state index contributed by atoms with van der Waals surface area (Å²) in [5.74, 6) is 0.157. The number of methoxy groups -OCH3 is 1. The van der Waals surface area contributed by atoms with Crippen molar-refractivity contribution < 1.29 is 14.6 Å². The summed E-state index contributed by atoms with van der Waals surface area (Å²) >= 11 is 9.34. The van der Waals surface area contributed by atoms with Crippen LogP contribution in [0.2, 0.25) is 5.02 Å². The first-order chi connectivity index (χ1) is 10.0. The Bertz CT molecular complexity index is 711. The van der Waals surface area contributed by atoms with Crippen molar-refractivity contribution in [1.82, 2.24) is 0 Å². The van der Waals surface area contributed by atoms with Crippen LogP contribution in [0, 0.1) is 0 Å². The quantitative estimate of drug-likeness (QED) is 0.628. The number of carbonyl (C=O) groups is 1. The summed E-state index contributed by atoms with van der Waals surface area (Å²) in [5, 5.41) is 10.2. The number of phenols is 1. The number of hydrogen-bond donors (Lipinski definition) is 1. The number of halogens is 2. The van der Waals surface area contributed by atoms with Gasteiger partial charge in [0, 0.05) is 10.0 Å². The summed E-state index contributed by atoms with van der Waals surface area (Å²) in [5.41, 5.74) is 1.10. The number of phenolic OH excluding ortho intramolecular Hbond substituents is 1. The topological polar surface area (TPSA) is 46.5 Å². The molecule has 0 aromatic heterocycles. The second-order valence-electron chi connectivity index (χ2n) is 4.22. The Hall–Kier alpha value is -1.78. The average molecular weight is 368 g/mol.